The molecule has 28 heavy (non-hydrogen) atoms. The smallest absolute Gasteiger partial charge is 0.251 e. The van der Waals surface area contributed by atoms with E-state index >= 15 is 0 Å². The van der Waals surface area contributed by atoms with Gasteiger partial charge in [0.25, 0.3) is 5.91 Å². The minimum atomic E-state index is -3.35. The number of hydrogen-bond acceptors (Lipinski definition) is 3. The van der Waals surface area contributed by atoms with Crippen LogP contribution in [0.4, 0.5) is 5.69 Å². The second kappa shape index (κ2) is 7.16. The zero-order chi connectivity index (χ0) is 19.7. The predicted octanol–water partition coefficient (Wildman–Crippen LogP) is 3.12. The number of nitrogens with zero attached hydrogens (tertiary/aromatic N) is 2. The number of para-hydroxylation sites is 1. The third kappa shape index (κ3) is 3.53. The van der Waals surface area contributed by atoms with Crippen molar-refractivity contribution in [3.05, 3.63) is 84.2 Å². The summed E-state index contributed by atoms with van der Waals surface area (Å²) in [5, 5.41) is 3.05. The molecule has 0 saturated carbocycles. The lowest BCUT2D eigenvalue weighted by Gasteiger charge is -2.34. The Labute approximate surface area is 164 Å². The number of hydrogen-bond donors (Lipinski definition) is 1. The van der Waals surface area contributed by atoms with Crippen molar-refractivity contribution in [3.63, 3.8) is 0 Å². The summed E-state index contributed by atoms with van der Waals surface area (Å²) in [4.78, 5) is 12.7. The maximum atomic E-state index is 12.7. The molecule has 0 fully saturated rings. The van der Waals surface area contributed by atoms with Crippen molar-refractivity contribution in [2.75, 3.05) is 17.1 Å². The molecular weight excluding hydrogens is 374 g/mol. The van der Waals surface area contributed by atoms with Crippen molar-refractivity contribution in [3.8, 4) is 5.69 Å². The number of anilines is 1. The van der Waals surface area contributed by atoms with Crippen LogP contribution in [0.15, 0.2) is 73.1 Å². The SMILES string of the molecule is CS(=O)(=O)N1CCC(NC(=O)c2ccc(-n3cccc3)cc2)c2ccccc21. The molecule has 1 N–H and O–H groups in total. The van der Waals surface area contributed by atoms with Gasteiger partial charge in [-0.05, 0) is 54.4 Å². The number of rotatable bonds is 4. The van der Waals surface area contributed by atoms with E-state index in [1.807, 2.05) is 53.4 Å². The van der Waals surface area contributed by atoms with Crippen LogP contribution in [0.2, 0.25) is 0 Å². The topological polar surface area (TPSA) is 71.4 Å². The minimum absolute atomic E-state index is 0.174. The molecule has 1 atom stereocenters. The van der Waals surface area contributed by atoms with Crippen LogP contribution in [-0.2, 0) is 10.0 Å². The van der Waals surface area contributed by atoms with Gasteiger partial charge in [-0.25, -0.2) is 8.42 Å². The van der Waals surface area contributed by atoms with Gasteiger partial charge in [-0.3, -0.25) is 9.10 Å². The highest BCUT2D eigenvalue weighted by Gasteiger charge is 2.30. The van der Waals surface area contributed by atoms with Crippen LogP contribution in [0.3, 0.4) is 0 Å². The molecule has 2 aromatic carbocycles. The highest BCUT2D eigenvalue weighted by molar-refractivity contribution is 7.92. The van der Waals surface area contributed by atoms with E-state index in [1.165, 1.54) is 10.6 Å². The quantitative estimate of drug-likeness (QED) is 0.738. The summed E-state index contributed by atoms with van der Waals surface area (Å²) in [6.07, 6.45) is 5.62. The molecule has 4 rings (SSSR count). The van der Waals surface area contributed by atoms with Crippen LogP contribution in [-0.4, -0.2) is 31.7 Å². The first-order chi connectivity index (χ1) is 13.4. The van der Waals surface area contributed by atoms with E-state index in [4.69, 9.17) is 0 Å². The molecule has 7 heteroatoms. The molecular formula is C21H21N3O3S. The van der Waals surface area contributed by atoms with Gasteiger partial charge in [0.1, 0.15) is 0 Å². The Morgan fingerprint density at radius 2 is 1.68 bits per heavy atom. The number of carbonyl (C=O) groups excluding carboxylic acids is 1. The number of sulfonamides is 1. The lowest BCUT2D eigenvalue weighted by molar-refractivity contribution is 0.0934. The minimum Gasteiger partial charge on any atom is -0.345 e. The first-order valence-corrected chi connectivity index (χ1v) is 10.9. The predicted molar refractivity (Wildman–Crippen MR) is 109 cm³/mol. The van der Waals surface area contributed by atoms with Gasteiger partial charge in [0.15, 0.2) is 0 Å². The second-order valence-electron chi connectivity index (χ2n) is 6.85. The molecule has 1 aliphatic heterocycles. The van der Waals surface area contributed by atoms with Gasteiger partial charge in [-0.2, -0.15) is 0 Å². The first kappa shape index (κ1) is 18.3. The standard InChI is InChI=1S/C21H21N3O3S/c1-28(26,27)24-15-12-19(18-6-2-3-7-20(18)24)22-21(25)16-8-10-17(11-9-16)23-13-4-5-14-23/h2-11,13-14,19H,12,15H2,1H3,(H,22,25). The summed E-state index contributed by atoms with van der Waals surface area (Å²) in [7, 11) is -3.35. The third-order valence-electron chi connectivity index (χ3n) is 4.94. The van der Waals surface area contributed by atoms with Gasteiger partial charge in [0, 0.05) is 30.2 Å². The molecule has 144 valence electrons. The van der Waals surface area contributed by atoms with Crippen LogP contribution in [0, 0.1) is 0 Å². The molecule has 6 nitrogen and oxygen atoms in total. The average molecular weight is 395 g/mol. The zero-order valence-corrected chi connectivity index (χ0v) is 16.3. The Morgan fingerprint density at radius 1 is 1.00 bits per heavy atom. The van der Waals surface area contributed by atoms with Gasteiger partial charge in [0.2, 0.25) is 10.0 Å². The lowest BCUT2D eigenvalue weighted by atomic mass is 9.97. The maximum absolute atomic E-state index is 12.7. The molecule has 3 aromatic rings. The molecule has 0 aliphatic carbocycles. The van der Waals surface area contributed by atoms with Gasteiger partial charge in [0.05, 0.1) is 18.0 Å². The van der Waals surface area contributed by atoms with Gasteiger partial charge in [-0.1, -0.05) is 18.2 Å². The summed E-state index contributed by atoms with van der Waals surface area (Å²) in [6.45, 7) is 0.341. The van der Waals surface area contributed by atoms with E-state index in [0.717, 1.165) is 11.3 Å². The van der Waals surface area contributed by atoms with Crippen molar-refractivity contribution in [2.24, 2.45) is 0 Å². The van der Waals surface area contributed by atoms with Crippen molar-refractivity contribution in [1.82, 2.24) is 9.88 Å². The Kier molecular flexibility index (Phi) is 4.68. The number of aromatic nitrogens is 1. The van der Waals surface area contributed by atoms with E-state index in [-0.39, 0.29) is 11.9 Å². The number of benzene rings is 2. The molecule has 2 heterocycles. The van der Waals surface area contributed by atoms with Crippen molar-refractivity contribution in [1.29, 1.82) is 0 Å². The van der Waals surface area contributed by atoms with Gasteiger partial charge in [-0.15, -0.1) is 0 Å². The summed E-state index contributed by atoms with van der Waals surface area (Å²) >= 11 is 0. The largest absolute Gasteiger partial charge is 0.345 e. The van der Waals surface area contributed by atoms with Gasteiger partial charge >= 0.3 is 0 Å². The average Bonchev–Trinajstić information content (AvgIpc) is 3.22. The van der Waals surface area contributed by atoms with Crippen LogP contribution in [0.1, 0.15) is 28.4 Å². The molecule has 0 spiro atoms. The second-order valence-corrected chi connectivity index (χ2v) is 8.75. The van der Waals surface area contributed by atoms with Crippen molar-refractivity contribution < 1.29 is 13.2 Å². The van der Waals surface area contributed by atoms with E-state index in [0.29, 0.717) is 24.2 Å². The number of carbonyl (C=O) groups is 1. The third-order valence-corrected chi connectivity index (χ3v) is 6.12. The molecule has 1 aromatic heterocycles. The summed E-state index contributed by atoms with van der Waals surface area (Å²) in [5.74, 6) is -0.174. The Bertz CT molecular complexity index is 1090. The molecule has 0 radical (unpaired) electrons. The fourth-order valence-corrected chi connectivity index (χ4v) is 4.52. The van der Waals surface area contributed by atoms with Crippen molar-refractivity contribution >= 4 is 21.6 Å². The van der Waals surface area contributed by atoms with E-state index in [1.54, 1.807) is 24.3 Å². The van der Waals surface area contributed by atoms with Crippen molar-refractivity contribution in [2.45, 2.75) is 12.5 Å². The first-order valence-electron chi connectivity index (χ1n) is 9.04. The normalized spacial score (nSPS) is 16.5. The highest BCUT2D eigenvalue weighted by atomic mass is 32.2. The van der Waals surface area contributed by atoms with E-state index in [2.05, 4.69) is 5.32 Å². The Morgan fingerprint density at radius 3 is 2.36 bits per heavy atom. The summed E-state index contributed by atoms with van der Waals surface area (Å²) < 4.78 is 27.5. The number of fused-ring (bicyclic) bond motifs is 1. The fourth-order valence-electron chi connectivity index (χ4n) is 3.56. The molecule has 0 bridgehead atoms. The van der Waals surface area contributed by atoms with Gasteiger partial charge < -0.3 is 9.88 Å². The lowest BCUT2D eigenvalue weighted by Crippen LogP contribution is -2.40. The maximum Gasteiger partial charge on any atom is 0.251 e. The van der Waals surface area contributed by atoms with E-state index < -0.39 is 10.0 Å². The van der Waals surface area contributed by atoms with Crippen LogP contribution in [0.5, 0.6) is 0 Å². The summed E-state index contributed by atoms with van der Waals surface area (Å²) in [6, 6.07) is 18.4. The van der Waals surface area contributed by atoms with E-state index in [9.17, 15) is 13.2 Å². The van der Waals surface area contributed by atoms with Crippen LogP contribution in [0.25, 0.3) is 5.69 Å². The zero-order valence-electron chi connectivity index (χ0n) is 15.4. The fraction of sp³-hybridized carbons (Fsp3) is 0.190. The number of amides is 1. The Hall–Kier alpha value is -3.06. The Balaban J connectivity index is 1.55. The molecule has 0 saturated heterocycles. The van der Waals surface area contributed by atoms with Crippen LogP contribution >= 0.6 is 0 Å². The molecule has 1 aliphatic rings. The highest BCUT2D eigenvalue weighted by Crippen LogP contribution is 2.35. The summed E-state index contributed by atoms with van der Waals surface area (Å²) in [5.41, 5.74) is 2.99. The molecule has 1 unspecified atom stereocenters. The number of nitrogens with one attached hydrogen (secondary N) is 1. The van der Waals surface area contributed by atoms with Crippen LogP contribution < -0.4 is 9.62 Å². The monoisotopic (exact) mass is 395 g/mol. The molecule has 1 amide bonds.